The van der Waals surface area contributed by atoms with Gasteiger partial charge in [-0.2, -0.15) is 0 Å². The predicted octanol–water partition coefficient (Wildman–Crippen LogP) is 0.711. The van der Waals surface area contributed by atoms with Gasteiger partial charge >= 0.3 is 5.97 Å². The first-order valence-corrected chi connectivity index (χ1v) is 4.38. The minimum Gasteiger partial charge on any atom is -0.480 e. The van der Waals surface area contributed by atoms with Crippen LogP contribution in [0.5, 0.6) is 0 Å². The summed E-state index contributed by atoms with van der Waals surface area (Å²) in [5.41, 5.74) is 0. The summed E-state index contributed by atoms with van der Waals surface area (Å²) in [6.45, 7) is 1.81. The first-order valence-electron chi connectivity index (χ1n) is 4.38. The second-order valence-electron chi connectivity index (χ2n) is 2.69. The van der Waals surface area contributed by atoms with Crippen molar-refractivity contribution < 1.29 is 14.7 Å². The molecule has 4 heteroatoms. The number of allylic oxidation sites excluding steroid dienone is 3. The molecule has 1 unspecified atom stereocenters. The van der Waals surface area contributed by atoms with Gasteiger partial charge in [0, 0.05) is 12.5 Å². The molecule has 0 fully saturated rings. The Balaban J connectivity index is 4.24. The quantitative estimate of drug-likeness (QED) is 0.396. The van der Waals surface area contributed by atoms with Crippen molar-refractivity contribution in [2.45, 2.75) is 19.4 Å². The maximum absolute atomic E-state index is 11.1. The fourth-order valence-electron chi connectivity index (χ4n) is 0.792. The number of carboxylic acid groups (broad SMARTS) is 1. The Morgan fingerprint density at radius 2 is 2.20 bits per heavy atom. The molecule has 0 rings (SSSR count). The molecule has 15 heavy (non-hydrogen) atoms. The van der Waals surface area contributed by atoms with E-state index in [0.717, 1.165) is 0 Å². The first kappa shape index (κ1) is 13.0. The van der Waals surface area contributed by atoms with Gasteiger partial charge in [-0.1, -0.05) is 18.2 Å². The number of terminal acetylenes is 1. The summed E-state index contributed by atoms with van der Waals surface area (Å²) in [7, 11) is 0. The van der Waals surface area contributed by atoms with Crippen molar-refractivity contribution in [2.24, 2.45) is 0 Å². The van der Waals surface area contributed by atoms with Gasteiger partial charge in [-0.05, 0) is 6.92 Å². The molecule has 0 bridgehead atoms. The number of nitrogens with one attached hydrogen (secondary N) is 1. The standard InChI is InChI=1S/C11H13NO3/c1-3-5-6-8-10(13)12-9(7-4-2)11(14)15/h2-3,5-6,8-9H,7H2,1H3,(H,12,13)(H,14,15). The van der Waals surface area contributed by atoms with E-state index >= 15 is 0 Å². The second-order valence-corrected chi connectivity index (χ2v) is 2.69. The van der Waals surface area contributed by atoms with Crippen LogP contribution in [0.15, 0.2) is 24.3 Å². The van der Waals surface area contributed by atoms with Gasteiger partial charge in [0.25, 0.3) is 0 Å². The molecule has 0 radical (unpaired) electrons. The van der Waals surface area contributed by atoms with Crippen LogP contribution in [0, 0.1) is 12.3 Å². The average molecular weight is 207 g/mol. The Kier molecular flexibility index (Phi) is 6.39. The molecule has 0 aliphatic heterocycles. The zero-order chi connectivity index (χ0) is 11.7. The summed E-state index contributed by atoms with van der Waals surface area (Å²) in [5, 5.41) is 11.0. The summed E-state index contributed by atoms with van der Waals surface area (Å²) in [6, 6.07) is -1.03. The highest BCUT2D eigenvalue weighted by atomic mass is 16.4. The van der Waals surface area contributed by atoms with Crippen molar-refractivity contribution in [1.29, 1.82) is 0 Å². The smallest absolute Gasteiger partial charge is 0.327 e. The predicted molar refractivity (Wildman–Crippen MR) is 57.0 cm³/mol. The number of aliphatic carboxylic acids is 1. The zero-order valence-corrected chi connectivity index (χ0v) is 8.43. The van der Waals surface area contributed by atoms with E-state index in [4.69, 9.17) is 11.5 Å². The summed E-state index contributed by atoms with van der Waals surface area (Å²) >= 11 is 0. The number of rotatable bonds is 5. The molecular weight excluding hydrogens is 194 g/mol. The Morgan fingerprint density at radius 1 is 1.53 bits per heavy atom. The Hall–Kier alpha value is -2.02. The highest BCUT2D eigenvalue weighted by Crippen LogP contribution is 1.91. The van der Waals surface area contributed by atoms with Crippen LogP contribution in [-0.4, -0.2) is 23.0 Å². The van der Waals surface area contributed by atoms with Gasteiger partial charge in [0.2, 0.25) is 5.91 Å². The molecule has 80 valence electrons. The molecule has 0 saturated heterocycles. The van der Waals surface area contributed by atoms with E-state index in [1.807, 2.05) is 0 Å². The van der Waals surface area contributed by atoms with Crippen molar-refractivity contribution >= 4 is 11.9 Å². The van der Waals surface area contributed by atoms with Crippen molar-refractivity contribution in [3.63, 3.8) is 0 Å². The van der Waals surface area contributed by atoms with Gasteiger partial charge in [0.05, 0.1) is 0 Å². The molecule has 0 aromatic heterocycles. The van der Waals surface area contributed by atoms with E-state index < -0.39 is 17.9 Å². The molecule has 0 aliphatic rings. The zero-order valence-electron chi connectivity index (χ0n) is 8.43. The van der Waals surface area contributed by atoms with Gasteiger partial charge in [-0.15, -0.1) is 12.3 Å². The van der Waals surface area contributed by atoms with Crippen LogP contribution in [0.25, 0.3) is 0 Å². The molecule has 0 spiro atoms. The summed E-state index contributed by atoms with van der Waals surface area (Å²) < 4.78 is 0. The van der Waals surface area contributed by atoms with Gasteiger partial charge in [0.15, 0.2) is 0 Å². The maximum atomic E-state index is 11.1. The molecule has 0 aromatic rings. The molecule has 0 aliphatic carbocycles. The van der Waals surface area contributed by atoms with Gasteiger partial charge < -0.3 is 10.4 Å². The lowest BCUT2D eigenvalue weighted by Crippen LogP contribution is -2.39. The number of carbonyl (C=O) groups excluding carboxylic acids is 1. The lowest BCUT2D eigenvalue weighted by Gasteiger charge is -2.09. The third-order valence-electron chi connectivity index (χ3n) is 1.49. The van der Waals surface area contributed by atoms with Crippen LogP contribution in [0.2, 0.25) is 0 Å². The fourth-order valence-corrected chi connectivity index (χ4v) is 0.792. The van der Waals surface area contributed by atoms with E-state index in [1.165, 1.54) is 12.2 Å². The number of carbonyl (C=O) groups is 2. The van der Waals surface area contributed by atoms with Crippen molar-refractivity contribution in [2.75, 3.05) is 0 Å². The maximum Gasteiger partial charge on any atom is 0.327 e. The molecule has 4 nitrogen and oxygen atoms in total. The largest absolute Gasteiger partial charge is 0.480 e. The fraction of sp³-hybridized carbons (Fsp3) is 0.273. The molecule has 1 atom stereocenters. The topological polar surface area (TPSA) is 66.4 Å². The van der Waals surface area contributed by atoms with Crippen molar-refractivity contribution in [1.82, 2.24) is 5.32 Å². The first-order chi connectivity index (χ1) is 7.11. The highest BCUT2D eigenvalue weighted by Gasteiger charge is 2.16. The van der Waals surface area contributed by atoms with Crippen LogP contribution < -0.4 is 5.32 Å². The van der Waals surface area contributed by atoms with Crippen LogP contribution in [0.1, 0.15) is 13.3 Å². The number of amides is 1. The Bertz CT molecular complexity index is 323. The molecule has 1 amide bonds. The lowest BCUT2D eigenvalue weighted by atomic mass is 10.2. The lowest BCUT2D eigenvalue weighted by molar-refractivity contribution is -0.141. The molecule has 0 heterocycles. The van der Waals surface area contributed by atoms with Gasteiger partial charge in [0.1, 0.15) is 6.04 Å². The van der Waals surface area contributed by atoms with Crippen LogP contribution >= 0.6 is 0 Å². The highest BCUT2D eigenvalue weighted by molar-refractivity contribution is 5.91. The molecule has 2 N–H and O–H groups in total. The summed E-state index contributed by atoms with van der Waals surface area (Å²) in [6.07, 6.45) is 11.1. The Morgan fingerprint density at radius 3 is 2.67 bits per heavy atom. The van der Waals surface area contributed by atoms with Crippen molar-refractivity contribution in [3.05, 3.63) is 24.3 Å². The summed E-state index contributed by atoms with van der Waals surface area (Å²) in [4.78, 5) is 21.8. The number of hydrogen-bond acceptors (Lipinski definition) is 2. The van der Waals surface area contributed by atoms with E-state index in [-0.39, 0.29) is 6.42 Å². The van der Waals surface area contributed by atoms with Gasteiger partial charge in [-0.3, -0.25) is 4.79 Å². The number of carboxylic acids is 1. The van der Waals surface area contributed by atoms with Crippen LogP contribution in [0.4, 0.5) is 0 Å². The molecular formula is C11H13NO3. The van der Waals surface area contributed by atoms with E-state index in [2.05, 4.69) is 11.2 Å². The average Bonchev–Trinajstić information content (AvgIpc) is 2.17. The van der Waals surface area contributed by atoms with Crippen LogP contribution in [0.3, 0.4) is 0 Å². The molecule has 0 aromatic carbocycles. The van der Waals surface area contributed by atoms with E-state index in [0.29, 0.717) is 0 Å². The Labute approximate surface area is 88.7 Å². The van der Waals surface area contributed by atoms with E-state index in [9.17, 15) is 9.59 Å². The normalized spacial score (nSPS) is 12.5. The molecule has 0 saturated carbocycles. The van der Waals surface area contributed by atoms with E-state index in [1.54, 1.807) is 19.1 Å². The minimum atomic E-state index is -1.14. The summed E-state index contributed by atoms with van der Waals surface area (Å²) in [5.74, 6) is 0.574. The third-order valence-corrected chi connectivity index (χ3v) is 1.49. The second kappa shape index (κ2) is 7.39. The SMILES string of the molecule is C#CCC(NC(=O)C=CC=CC)C(=O)O. The minimum absolute atomic E-state index is 0.0292. The van der Waals surface area contributed by atoms with Crippen LogP contribution in [-0.2, 0) is 9.59 Å². The van der Waals surface area contributed by atoms with Gasteiger partial charge in [-0.25, -0.2) is 4.79 Å². The van der Waals surface area contributed by atoms with Crippen molar-refractivity contribution in [3.8, 4) is 12.3 Å². The third kappa shape index (κ3) is 6.11. The monoisotopic (exact) mass is 207 g/mol. The number of hydrogen-bond donors (Lipinski definition) is 2.